The molecular formula is C21H31N5O. The van der Waals surface area contributed by atoms with Crippen molar-refractivity contribution in [2.45, 2.75) is 50.5 Å². The number of nitrogens with zero attached hydrogens (tertiary/aromatic N) is 4. The molecule has 0 radical (unpaired) electrons. The van der Waals surface area contributed by atoms with Crippen molar-refractivity contribution < 1.29 is 4.79 Å². The second-order valence-electron chi connectivity index (χ2n) is 8.04. The molecule has 2 aliphatic rings. The van der Waals surface area contributed by atoms with E-state index >= 15 is 0 Å². The van der Waals surface area contributed by atoms with E-state index < -0.39 is 0 Å². The van der Waals surface area contributed by atoms with Gasteiger partial charge in [-0.25, -0.2) is 0 Å². The summed E-state index contributed by atoms with van der Waals surface area (Å²) in [7, 11) is 1.97. The third-order valence-electron chi connectivity index (χ3n) is 6.21. The van der Waals surface area contributed by atoms with Gasteiger partial charge < -0.3 is 9.88 Å². The minimum absolute atomic E-state index is 0.274. The zero-order chi connectivity index (χ0) is 18.6. The number of aromatic amines is 1. The Morgan fingerprint density at radius 2 is 2.11 bits per heavy atom. The number of hydrogen-bond donors (Lipinski definition) is 1. The number of rotatable bonds is 5. The number of piperidine rings is 2. The highest BCUT2D eigenvalue weighted by atomic mass is 16.2. The Balaban J connectivity index is 1.45. The van der Waals surface area contributed by atoms with Crippen molar-refractivity contribution in [3.05, 3.63) is 42.0 Å². The van der Waals surface area contributed by atoms with Crippen LogP contribution in [0.4, 0.5) is 0 Å². The highest BCUT2D eigenvalue weighted by Crippen LogP contribution is 2.32. The molecule has 2 aromatic heterocycles. The minimum Gasteiger partial charge on any atom is -0.365 e. The monoisotopic (exact) mass is 369 g/mol. The van der Waals surface area contributed by atoms with Gasteiger partial charge >= 0.3 is 0 Å². The molecule has 4 heterocycles. The molecule has 1 N–H and O–H groups in total. The molecule has 1 amide bonds. The molecule has 2 saturated heterocycles. The Morgan fingerprint density at radius 1 is 1.26 bits per heavy atom. The summed E-state index contributed by atoms with van der Waals surface area (Å²) in [6.45, 7) is 4.09. The molecule has 146 valence electrons. The summed E-state index contributed by atoms with van der Waals surface area (Å²) >= 11 is 0. The summed E-state index contributed by atoms with van der Waals surface area (Å²) in [5.41, 5.74) is 2.41. The van der Waals surface area contributed by atoms with E-state index in [-0.39, 0.29) is 5.91 Å². The standard InChI is InChI=1S/C21H31N5O/c1-24-15-17(14-23-24)19-16-26(21(27)8-7-18-6-5-10-22-18)13-9-20(19)25-11-3-2-4-12-25/h5-6,10,14-15,19-20,22H,2-4,7-9,11-13,16H2,1H3. The number of H-pyrrole nitrogens is 1. The van der Waals surface area contributed by atoms with Gasteiger partial charge in [-0.15, -0.1) is 0 Å². The van der Waals surface area contributed by atoms with Crippen LogP contribution < -0.4 is 0 Å². The van der Waals surface area contributed by atoms with E-state index in [4.69, 9.17) is 0 Å². The molecular weight excluding hydrogens is 338 g/mol. The van der Waals surface area contributed by atoms with Gasteiger partial charge in [-0.1, -0.05) is 6.42 Å². The minimum atomic E-state index is 0.274. The maximum Gasteiger partial charge on any atom is 0.222 e. The van der Waals surface area contributed by atoms with Gasteiger partial charge in [-0.3, -0.25) is 14.4 Å². The zero-order valence-electron chi connectivity index (χ0n) is 16.3. The van der Waals surface area contributed by atoms with Crippen molar-refractivity contribution in [1.82, 2.24) is 24.6 Å². The van der Waals surface area contributed by atoms with Crippen LogP contribution in [0.3, 0.4) is 0 Å². The quantitative estimate of drug-likeness (QED) is 0.881. The zero-order valence-corrected chi connectivity index (χ0v) is 16.3. The molecule has 4 rings (SSSR count). The van der Waals surface area contributed by atoms with Gasteiger partial charge in [-0.05, 0) is 56.5 Å². The maximum atomic E-state index is 12.8. The number of aromatic nitrogens is 3. The van der Waals surface area contributed by atoms with E-state index in [1.807, 2.05) is 36.3 Å². The third-order valence-corrected chi connectivity index (χ3v) is 6.21. The fraction of sp³-hybridized carbons (Fsp3) is 0.619. The fourth-order valence-electron chi connectivity index (χ4n) is 4.74. The van der Waals surface area contributed by atoms with Crippen LogP contribution in [0.1, 0.15) is 49.3 Å². The first-order valence-corrected chi connectivity index (χ1v) is 10.3. The van der Waals surface area contributed by atoms with Gasteiger partial charge in [0.05, 0.1) is 6.20 Å². The molecule has 6 nitrogen and oxygen atoms in total. The summed E-state index contributed by atoms with van der Waals surface area (Å²) in [5.74, 6) is 0.635. The Kier molecular flexibility index (Phi) is 5.62. The third kappa shape index (κ3) is 4.26. The van der Waals surface area contributed by atoms with Crippen LogP contribution in [0.2, 0.25) is 0 Å². The van der Waals surface area contributed by atoms with Crippen LogP contribution in [0.15, 0.2) is 30.7 Å². The van der Waals surface area contributed by atoms with Crippen molar-refractivity contribution in [1.29, 1.82) is 0 Å². The van der Waals surface area contributed by atoms with Crippen LogP contribution in [0.25, 0.3) is 0 Å². The summed E-state index contributed by atoms with van der Waals surface area (Å²) < 4.78 is 1.88. The lowest BCUT2D eigenvalue weighted by Gasteiger charge is -2.45. The van der Waals surface area contributed by atoms with Gasteiger partial charge in [-0.2, -0.15) is 5.10 Å². The summed E-state index contributed by atoms with van der Waals surface area (Å²) in [5, 5.41) is 4.40. The van der Waals surface area contributed by atoms with Crippen LogP contribution in [0, 0.1) is 0 Å². The predicted molar refractivity (Wildman–Crippen MR) is 105 cm³/mol. The molecule has 0 saturated carbocycles. The van der Waals surface area contributed by atoms with Crippen molar-refractivity contribution in [2.75, 3.05) is 26.2 Å². The fourth-order valence-corrected chi connectivity index (χ4v) is 4.74. The van der Waals surface area contributed by atoms with E-state index in [0.29, 0.717) is 18.4 Å². The molecule has 2 aliphatic heterocycles. The first-order chi connectivity index (χ1) is 13.2. The maximum absolute atomic E-state index is 12.8. The van der Waals surface area contributed by atoms with Crippen molar-refractivity contribution >= 4 is 5.91 Å². The lowest BCUT2D eigenvalue weighted by Crippen LogP contribution is -2.52. The first kappa shape index (κ1) is 18.3. The Labute approximate surface area is 161 Å². The lowest BCUT2D eigenvalue weighted by molar-refractivity contribution is -0.133. The van der Waals surface area contributed by atoms with Gasteiger partial charge in [0.15, 0.2) is 0 Å². The van der Waals surface area contributed by atoms with E-state index in [1.54, 1.807) is 0 Å². The molecule has 2 atom stereocenters. The van der Waals surface area contributed by atoms with Gasteiger partial charge in [0.25, 0.3) is 0 Å². The molecule has 2 unspecified atom stereocenters. The van der Waals surface area contributed by atoms with Gasteiger partial charge in [0.1, 0.15) is 0 Å². The number of likely N-dealkylation sites (tertiary alicyclic amines) is 2. The molecule has 6 heteroatoms. The van der Waals surface area contributed by atoms with E-state index in [1.165, 1.54) is 37.9 Å². The van der Waals surface area contributed by atoms with Gasteiger partial charge in [0.2, 0.25) is 5.91 Å². The lowest BCUT2D eigenvalue weighted by atomic mass is 9.85. The number of aryl methyl sites for hydroxylation is 2. The summed E-state index contributed by atoms with van der Waals surface area (Å²) in [6, 6.07) is 4.57. The highest BCUT2D eigenvalue weighted by molar-refractivity contribution is 5.76. The number of carbonyl (C=O) groups excluding carboxylic acids is 1. The summed E-state index contributed by atoms with van der Waals surface area (Å²) in [6.07, 6.45) is 12.4. The highest BCUT2D eigenvalue weighted by Gasteiger charge is 2.36. The Bertz CT molecular complexity index is 732. The number of amides is 1. The Morgan fingerprint density at radius 3 is 2.81 bits per heavy atom. The average Bonchev–Trinajstić information content (AvgIpc) is 3.38. The molecule has 0 bridgehead atoms. The van der Waals surface area contributed by atoms with Crippen LogP contribution in [-0.2, 0) is 18.3 Å². The first-order valence-electron chi connectivity index (χ1n) is 10.3. The molecule has 2 fully saturated rings. The van der Waals surface area contributed by atoms with E-state index in [2.05, 4.69) is 26.1 Å². The number of nitrogens with one attached hydrogen (secondary N) is 1. The van der Waals surface area contributed by atoms with Gasteiger partial charge in [0, 0.05) is 56.6 Å². The van der Waals surface area contributed by atoms with Crippen molar-refractivity contribution in [3.8, 4) is 0 Å². The van der Waals surface area contributed by atoms with Crippen LogP contribution in [-0.4, -0.2) is 62.7 Å². The van der Waals surface area contributed by atoms with Crippen LogP contribution >= 0.6 is 0 Å². The molecule has 2 aromatic rings. The average molecular weight is 370 g/mol. The topological polar surface area (TPSA) is 57.2 Å². The van der Waals surface area contributed by atoms with E-state index in [0.717, 1.165) is 31.6 Å². The normalized spacial score (nSPS) is 24.3. The Hall–Kier alpha value is -2.08. The predicted octanol–water partition coefficient (Wildman–Crippen LogP) is 2.55. The second-order valence-corrected chi connectivity index (χ2v) is 8.04. The number of hydrogen-bond acceptors (Lipinski definition) is 3. The van der Waals surface area contributed by atoms with Crippen molar-refractivity contribution in [2.24, 2.45) is 7.05 Å². The second kappa shape index (κ2) is 8.30. The molecule has 0 spiro atoms. The SMILES string of the molecule is Cn1cc(C2CN(C(=O)CCc3ccc[nH]3)CCC2N2CCCCC2)cn1. The molecule has 0 aliphatic carbocycles. The molecule has 0 aromatic carbocycles. The van der Waals surface area contributed by atoms with E-state index in [9.17, 15) is 4.79 Å². The largest absolute Gasteiger partial charge is 0.365 e. The summed E-state index contributed by atoms with van der Waals surface area (Å²) in [4.78, 5) is 20.8. The van der Waals surface area contributed by atoms with Crippen LogP contribution in [0.5, 0.6) is 0 Å². The van der Waals surface area contributed by atoms with Crippen molar-refractivity contribution in [3.63, 3.8) is 0 Å². The number of carbonyl (C=O) groups is 1. The molecule has 27 heavy (non-hydrogen) atoms. The smallest absolute Gasteiger partial charge is 0.222 e.